The number of unbranched alkanes of at least 4 members (excludes halogenated alkanes) is 2. The van der Waals surface area contributed by atoms with Crippen LogP contribution in [0.5, 0.6) is 0 Å². The maximum atomic E-state index is 5.87. The molecule has 0 spiro atoms. The molecule has 2 rings (SSSR count). The third kappa shape index (κ3) is 4.12. The minimum Gasteiger partial charge on any atom is -0.255 e. The van der Waals surface area contributed by atoms with Gasteiger partial charge in [-0.25, -0.2) is 0 Å². The first-order chi connectivity index (χ1) is 9.29. The number of aromatic nitrogens is 1. The van der Waals surface area contributed by atoms with Crippen LogP contribution in [-0.2, 0) is 0 Å². The Morgan fingerprint density at radius 1 is 1.11 bits per heavy atom. The fourth-order valence-electron chi connectivity index (χ4n) is 1.69. The Morgan fingerprint density at radius 3 is 2.53 bits per heavy atom. The highest BCUT2D eigenvalue weighted by Crippen LogP contribution is 2.19. The number of hydrogen-bond donors (Lipinski definition) is 0. The molecule has 2 heteroatoms. The third-order valence-electron chi connectivity index (χ3n) is 2.79. The van der Waals surface area contributed by atoms with Crippen LogP contribution in [0.1, 0.15) is 31.7 Å². The summed E-state index contributed by atoms with van der Waals surface area (Å²) in [6.45, 7) is 2.17. The molecule has 0 fully saturated rings. The number of pyridine rings is 1. The van der Waals surface area contributed by atoms with Gasteiger partial charge in [0.1, 0.15) is 0 Å². The maximum absolute atomic E-state index is 5.87. The lowest BCUT2D eigenvalue weighted by Gasteiger charge is -2.00. The van der Waals surface area contributed by atoms with Crippen molar-refractivity contribution in [3.63, 3.8) is 0 Å². The van der Waals surface area contributed by atoms with E-state index in [9.17, 15) is 0 Å². The first kappa shape index (κ1) is 13.6. The lowest BCUT2D eigenvalue weighted by Crippen LogP contribution is -1.84. The van der Waals surface area contributed by atoms with E-state index in [2.05, 4.69) is 23.7 Å². The minimum absolute atomic E-state index is 0.738. The van der Waals surface area contributed by atoms with Crippen LogP contribution in [0.15, 0.2) is 42.6 Å². The van der Waals surface area contributed by atoms with E-state index >= 15 is 0 Å². The van der Waals surface area contributed by atoms with E-state index in [1.807, 2.05) is 42.6 Å². The Balaban J connectivity index is 2.09. The molecule has 0 aliphatic rings. The largest absolute Gasteiger partial charge is 0.255 e. The number of rotatable bonds is 3. The summed E-state index contributed by atoms with van der Waals surface area (Å²) < 4.78 is 0. The molecule has 0 saturated carbocycles. The second-order valence-corrected chi connectivity index (χ2v) is 4.78. The van der Waals surface area contributed by atoms with Crippen molar-refractivity contribution >= 4 is 11.6 Å². The predicted molar refractivity (Wildman–Crippen MR) is 81.1 cm³/mol. The highest BCUT2D eigenvalue weighted by atomic mass is 35.5. The molecule has 1 aromatic carbocycles. The standard InChI is InChI=1S/C17H16ClN/c1-2-3-4-5-6-14-7-12-17(19-13-14)15-8-10-16(18)11-9-15/h7-13H,2-4H2,1H3. The summed E-state index contributed by atoms with van der Waals surface area (Å²) in [4.78, 5) is 4.43. The van der Waals surface area contributed by atoms with Gasteiger partial charge in [0.25, 0.3) is 0 Å². The zero-order valence-corrected chi connectivity index (χ0v) is 11.7. The van der Waals surface area contributed by atoms with Gasteiger partial charge in [-0.15, -0.1) is 0 Å². The molecule has 0 atom stereocenters. The summed E-state index contributed by atoms with van der Waals surface area (Å²) in [5.74, 6) is 6.30. The summed E-state index contributed by atoms with van der Waals surface area (Å²) in [7, 11) is 0. The number of benzene rings is 1. The van der Waals surface area contributed by atoms with Crippen molar-refractivity contribution in [3.8, 4) is 23.1 Å². The van der Waals surface area contributed by atoms with Gasteiger partial charge in [-0.3, -0.25) is 4.98 Å². The Morgan fingerprint density at radius 2 is 1.89 bits per heavy atom. The molecule has 0 unspecified atom stereocenters. The van der Waals surface area contributed by atoms with Crippen LogP contribution in [-0.4, -0.2) is 4.98 Å². The van der Waals surface area contributed by atoms with E-state index in [0.717, 1.165) is 34.7 Å². The summed E-state index contributed by atoms with van der Waals surface area (Å²) in [6, 6.07) is 11.7. The summed E-state index contributed by atoms with van der Waals surface area (Å²) >= 11 is 5.87. The van der Waals surface area contributed by atoms with Gasteiger partial charge in [0.2, 0.25) is 0 Å². The maximum Gasteiger partial charge on any atom is 0.0702 e. The number of nitrogens with zero attached hydrogens (tertiary/aromatic N) is 1. The van der Waals surface area contributed by atoms with Crippen molar-refractivity contribution in [2.45, 2.75) is 26.2 Å². The Kier molecular flexibility index (Phi) is 5.01. The lowest BCUT2D eigenvalue weighted by molar-refractivity contribution is 0.828. The molecule has 1 heterocycles. The van der Waals surface area contributed by atoms with Crippen LogP contribution in [0.4, 0.5) is 0 Å². The quantitative estimate of drug-likeness (QED) is 0.568. The van der Waals surface area contributed by atoms with Gasteiger partial charge >= 0.3 is 0 Å². The van der Waals surface area contributed by atoms with Crippen LogP contribution in [0, 0.1) is 11.8 Å². The van der Waals surface area contributed by atoms with Crippen molar-refractivity contribution in [2.75, 3.05) is 0 Å². The van der Waals surface area contributed by atoms with Gasteiger partial charge < -0.3 is 0 Å². The molecule has 0 radical (unpaired) electrons. The van der Waals surface area contributed by atoms with Crippen molar-refractivity contribution in [1.82, 2.24) is 4.98 Å². The van der Waals surface area contributed by atoms with Crippen LogP contribution in [0.25, 0.3) is 11.3 Å². The zero-order valence-electron chi connectivity index (χ0n) is 11.0. The molecule has 0 aliphatic carbocycles. The first-order valence-electron chi connectivity index (χ1n) is 6.50. The lowest BCUT2D eigenvalue weighted by atomic mass is 10.1. The Bertz CT molecular complexity index is 573. The molecule has 96 valence electrons. The molecule has 0 aliphatic heterocycles. The molecule has 2 aromatic rings. The van der Waals surface area contributed by atoms with Gasteiger partial charge in [-0.2, -0.15) is 0 Å². The average Bonchev–Trinajstić information content (AvgIpc) is 2.45. The monoisotopic (exact) mass is 269 g/mol. The molecule has 0 saturated heterocycles. The Hall–Kier alpha value is -1.78. The molecular weight excluding hydrogens is 254 g/mol. The summed E-state index contributed by atoms with van der Waals surface area (Å²) in [5, 5.41) is 0.738. The zero-order chi connectivity index (χ0) is 13.5. The van der Waals surface area contributed by atoms with Gasteiger partial charge in [-0.05, 0) is 30.7 Å². The molecule has 0 bridgehead atoms. The highest BCUT2D eigenvalue weighted by molar-refractivity contribution is 6.30. The van der Waals surface area contributed by atoms with Crippen LogP contribution in [0.3, 0.4) is 0 Å². The topological polar surface area (TPSA) is 12.9 Å². The summed E-state index contributed by atoms with van der Waals surface area (Å²) in [5.41, 5.74) is 2.97. The molecule has 0 amide bonds. The van der Waals surface area contributed by atoms with Gasteiger partial charge in [0.05, 0.1) is 5.69 Å². The molecular formula is C17H16ClN. The second-order valence-electron chi connectivity index (χ2n) is 4.34. The van der Waals surface area contributed by atoms with Crippen molar-refractivity contribution in [2.24, 2.45) is 0 Å². The smallest absolute Gasteiger partial charge is 0.0702 e. The fraction of sp³-hybridized carbons (Fsp3) is 0.235. The van der Waals surface area contributed by atoms with Gasteiger partial charge in [-0.1, -0.05) is 48.9 Å². The normalized spacial score (nSPS) is 9.79. The van der Waals surface area contributed by atoms with E-state index in [0.29, 0.717) is 0 Å². The highest BCUT2D eigenvalue weighted by Gasteiger charge is 1.98. The fourth-order valence-corrected chi connectivity index (χ4v) is 1.81. The van der Waals surface area contributed by atoms with E-state index in [-0.39, 0.29) is 0 Å². The molecule has 0 N–H and O–H groups in total. The van der Waals surface area contributed by atoms with Crippen LogP contribution in [0.2, 0.25) is 5.02 Å². The average molecular weight is 270 g/mol. The third-order valence-corrected chi connectivity index (χ3v) is 3.04. The van der Waals surface area contributed by atoms with Crippen LogP contribution < -0.4 is 0 Å². The van der Waals surface area contributed by atoms with Gasteiger partial charge in [0.15, 0.2) is 0 Å². The van der Waals surface area contributed by atoms with E-state index in [1.54, 1.807) is 0 Å². The van der Waals surface area contributed by atoms with E-state index in [4.69, 9.17) is 11.6 Å². The SMILES string of the molecule is CCCCC#Cc1ccc(-c2ccc(Cl)cc2)nc1. The van der Waals surface area contributed by atoms with E-state index in [1.165, 1.54) is 6.42 Å². The van der Waals surface area contributed by atoms with E-state index < -0.39 is 0 Å². The predicted octanol–water partition coefficient (Wildman–Crippen LogP) is 4.94. The molecule has 1 aromatic heterocycles. The number of halogens is 1. The van der Waals surface area contributed by atoms with Crippen molar-refractivity contribution < 1.29 is 0 Å². The van der Waals surface area contributed by atoms with Gasteiger partial charge in [0, 0.05) is 28.8 Å². The van der Waals surface area contributed by atoms with Crippen molar-refractivity contribution in [3.05, 3.63) is 53.2 Å². The molecule has 1 nitrogen and oxygen atoms in total. The molecule has 19 heavy (non-hydrogen) atoms. The minimum atomic E-state index is 0.738. The number of hydrogen-bond acceptors (Lipinski definition) is 1. The second kappa shape index (κ2) is 6.97. The van der Waals surface area contributed by atoms with Crippen LogP contribution >= 0.6 is 11.6 Å². The summed E-state index contributed by atoms with van der Waals surface area (Å²) in [6.07, 6.45) is 5.12. The Labute approximate surface area is 119 Å². The van der Waals surface area contributed by atoms with Crippen molar-refractivity contribution in [1.29, 1.82) is 0 Å². The first-order valence-corrected chi connectivity index (χ1v) is 6.88.